The molecule has 2 amide bonds. The number of rotatable bonds is 5. The van der Waals surface area contributed by atoms with Crippen LogP contribution in [0.4, 0.5) is 5.82 Å². The molecule has 3 aromatic heterocycles. The van der Waals surface area contributed by atoms with E-state index in [9.17, 15) is 9.59 Å². The number of carbonyl (C=O) groups is 2. The quantitative estimate of drug-likeness (QED) is 0.706. The molecule has 0 unspecified atom stereocenters. The maximum Gasteiger partial charge on any atom is 0.289 e. The van der Waals surface area contributed by atoms with Crippen LogP contribution in [-0.4, -0.2) is 57.8 Å². The van der Waals surface area contributed by atoms with E-state index >= 15 is 0 Å². The average Bonchev–Trinajstić information content (AvgIpc) is 3.45. The SMILES string of the molecule is Cc1nc(NCc2ccco2)cc(C(=O)N2CCN(C(=O)c3ccco3)CC2)n1. The molecule has 0 spiro atoms. The molecule has 1 aliphatic rings. The zero-order valence-electron chi connectivity index (χ0n) is 16.0. The minimum atomic E-state index is -0.179. The summed E-state index contributed by atoms with van der Waals surface area (Å²) in [6.45, 7) is 3.96. The van der Waals surface area contributed by atoms with Crippen LogP contribution in [0.15, 0.2) is 51.7 Å². The first kappa shape index (κ1) is 18.7. The van der Waals surface area contributed by atoms with Gasteiger partial charge in [0, 0.05) is 32.2 Å². The lowest BCUT2D eigenvalue weighted by Gasteiger charge is -2.34. The highest BCUT2D eigenvalue weighted by molar-refractivity contribution is 5.94. The molecule has 1 N–H and O–H groups in total. The van der Waals surface area contributed by atoms with Crippen LogP contribution in [0.5, 0.6) is 0 Å². The number of hydrogen-bond donors (Lipinski definition) is 1. The molecule has 4 rings (SSSR count). The predicted octanol–water partition coefficient (Wildman–Crippen LogP) is 2.18. The standard InChI is InChI=1S/C20H21N5O4/c1-14-22-16(12-18(23-14)21-13-15-4-2-10-28-15)19(26)24-6-8-25(9-7-24)20(27)17-5-3-11-29-17/h2-5,10-12H,6-9,13H2,1H3,(H,21,22,23). The van der Waals surface area contributed by atoms with E-state index in [1.807, 2.05) is 12.1 Å². The summed E-state index contributed by atoms with van der Waals surface area (Å²) in [5.41, 5.74) is 0.324. The van der Waals surface area contributed by atoms with Gasteiger partial charge in [0.25, 0.3) is 11.8 Å². The molecule has 1 fully saturated rings. The summed E-state index contributed by atoms with van der Waals surface area (Å²) in [5.74, 6) is 1.80. The fourth-order valence-corrected chi connectivity index (χ4v) is 3.19. The lowest BCUT2D eigenvalue weighted by Crippen LogP contribution is -2.50. The minimum Gasteiger partial charge on any atom is -0.467 e. The summed E-state index contributed by atoms with van der Waals surface area (Å²) >= 11 is 0. The number of aryl methyl sites for hydroxylation is 1. The molecule has 3 aromatic rings. The Bertz CT molecular complexity index is 976. The molecule has 9 heteroatoms. The Morgan fingerprint density at radius 3 is 2.34 bits per heavy atom. The molecule has 150 valence electrons. The molecular formula is C20H21N5O4. The van der Waals surface area contributed by atoms with E-state index in [-0.39, 0.29) is 11.8 Å². The Balaban J connectivity index is 1.38. The van der Waals surface area contributed by atoms with Crippen LogP contribution in [0, 0.1) is 6.92 Å². The zero-order valence-corrected chi connectivity index (χ0v) is 16.0. The fourth-order valence-electron chi connectivity index (χ4n) is 3.19. The van der Waals surface area contributed by atoms with Gasteiger partial charge in [-0.1, -0.05) is 0 Å². The first-order valence-corrected chi connectivity index (χ1v) is 9.34. The molecule has 0 bridgehead atoms. The first-order chi connectivity index (χ1) is 14.1. The maximum atomic E-state index is 12.9. The Labute approximate surface area is 167 Å². The van der Waals surface area contributed by atoms with Crippen molar-refractivity contribution in [1.29, 1.82) is 0 Å². The van der Waals surface area contributed by atoms with Gasteiger partial charge in [-0.15, -0.1) is 0 Å². The van der Waals surface area contributed by atoms with E-state index < -0.39 is 0 Å². The normalized spacial score (nSPS) is 14.1. The Morgan fingerprint density at radius 2 is 1.69 bits per heavy atom. The van der Waals surface area contributed by atoms with Crippen molar-refractivity contribution in [2.45, 2.75) is 13.5 Å². The monoisotopic (exact) mass is 395 g/mol. The van der Waals surface area contributed by atoms with Crippen LogP contribution in [0.25, 0.3) is 0 Å². The van der Waals surface area contributed by atoms with Gasteiger partial charge in [0.1, 0.15) is 23.1 Å². The Kier molecular flexibility index (Phi) is 5.28. The van der Waals surface area contributed by atoms with Crippen LogP contribution < -0.4 is 5.32 Å². The van der Waals surface area contributed by atoms with Crippen LogP contribution in [0.1, 0.15) is 32.6 Å². The van der Waals surface area contributed by atoms with E-state index in [2.05, 4.69) is 15.3 Å². The van der Waals surface area contributed by atoms with Gasteiger partial charge in [0.05, 0.1) is 19.1 Å². The number of nitrogens with zero attached hydrogens (tertiary/aromatic N) is 4. The summed E-state index contributed by atoms with van der Waals surface area (Å²) in [5, 5.41) is 3.14. The maximum absolute atomic E-state index is 12.9. The van der Waals surface area contributed by atoms with Crippen LogP contribution in [0.2, 0.25) is 0 Å². The number of amides is 2. The van der Waals surface area contributed by atoms with Crippen molar-refractivity contribution in [3.8, 4) is 0 Å². The van der Waals surface area contributed by atoms with Crippen LogP contribution in [0.3, 0.4) is 0 Å². The fraction of sp³-hybridized carbons (Fsp3) is 0.300. The third-order valence-corrected chi connectivity index (χ3v) is 4.67. The molecule has 29 heavy (non-hydrogen) atoms. The molecule has 0 aromatic carbocycles. The van der Waals surface area contributed by atoms with Crippen molar-refractivity contribution in [2.75, 3.05) is 31.5 Å². The third-order valence-electron chi connectivity index (χ3n) is 4.67. The van der Waals surface area contributed by atoms with Crippen molar-refractivity contribution in [1.82, 2.24) is 19.8 Å². The van der Waals surface area contributed by atoms with Crippen molar-refractivity contribution in [3.63, 3.8) is 0 Å². The first-order valence-electron chi connectivity index (χ1n) is 9.34. The number of carbonyl (C=O) groups excluding carboxylic acids is 2. The smallest absolute Gasteiger partial charge is 0.289 e. The topological polar surface area (TPSA) is 105 Å². The van der Waals surface area contributed by atoms with E-state index in [0.717, 1.165) is 5.76 Å². The highest BCUT2D eigenvalue weighted by Crippen LogP contribution is 2.14. The Morgan fingerprint density at radius 1 is 1.00 bits per heavy atom. The molecule has 1 saturated heterocycles. The van der Waals surface area contributed by atoms with Crippen LogP contribution >= 0.6 is 0 Å². The van der Waals surface area contributed by atoms with Crippen LogP contribution in [-0.2, 0) is 6.54 Å². The predicted molar refractivity (Wildman–Crippen MR) is 103 cm³/mol. The van der Waals surface area contributed by atoms with Gasteiger partial charge >= 0.3 is 0 Å². The van der Waals surface area contributed by atoms with E-state index in [4.69, 9.17) is 8.83 Å². The summed E-state index contributed by atoms with van der Waals surface area (Å²) in [7, 11) is 0. The molecule has 9 nitrogen and oxygen atoms in total. The van der Waals surface area contributed by atoms with Gasteiger partial charge in [-0.2, -0.15) is 0 Å². The van der Waals surface area contributed by atoms with Crippen molar-refractivity contribution >= 4 is 17.6 Å². The van der Waals surface area contributed by atoms with Gasteiger partial charge in [0.2, 0.25) is 0 Å². The van der Waals surface area contributed by atoms with Gasteiger partial charge in [-0.05, 0) is 31.2 Å². The van der Waals surface area contributed by atoms with E-state index in [1.165, 1.54) is 6.26 Å². The highest BCUT2D eigenvalue weighted by Gasteiger charge is 2.27. The van der Waals surface area contributed by atoms with Crippen molar-refractivity contribution in [2.24, 2.45) is 0 Å². The van der Waals surface area contributed by atoms with E-state index in [1.54, 1.807) is 41.2 Å². The molecule has 0 saturated carbocycles. The number of piperazine rings is 1. The van der Waals surface area contributed by atoms with Crippen molar-refractivity contribution < 1.29 is 18.4 Å². The zero-order chi connectivity index (χ0) is 20.2. The van der Waals surface area contributed by atoms with Gasteiger partial charge < -0.3 is 24.0 Å². The van der Waals surface area contributed by atoms with Gasteiger partial charge in [-0.25, -0.2) is 9.97 Å². The summed E-state index contributed by atoms with van der Waals surface area (Å²) < 4.78 is 10.5. The lowest BCUT2D eigenvalue weighted by atomic mass is 10.2. The molecular weight excluding hydrogens is 374 g/mol. The van der Waals surface area contributed by atoms with Crippen molar-refractivity contribution in [3.05, 3.63) is 65.9 Å². The summed E-state index contributed by atoms with van der Waals surface area (Å²) in [6, 6.07) is 8.63. The summed E-state index contributed by atoms with van der Waals surface area (Å²) in [6.07, 6.45) is 3.08. The lowest BCUT2D eigenvalue weighted by molar-refractivity contribution is 0.0515. The van der Waals surface area contributed by atoms with Gasteiger partial charge in [0.15, 0.2) is 5.76 Å². The number of nitrogens with one attached hydrogen (secondary N) is 1. The second-order valence-corrected chi connectivity index (χ2v) is 6.68. The number of hydrogen-bond acceptors (Lipinski definition) is 7. The minimum absolute atomic E-state index is 0.163. The number of anilines is 1. The average molecular weight is 395 g/mol. The molecule has 1 aliphatic heterocycles. The highest BCUT2D eigenvalue weighted by atomic mass is 16.3. The molecule has 0 aliphatic carbocycles. The second-order valence-electron chi connectivity index (χ2n) is 6.68. The number of furan rings is 2. The van der Waals surface area contributed by atoms with E-state index in [0.29, 0.717) is 55.8 Å². The molecule has 4 heterocycles. The summed E-state index contributed by atoms with van der Waals surface area (Å²) in [4.78, 5) is 37.3. The second kappa shape index (κ2) is 8.17. The third kappa shape index (κ3) is 4.29. The van der Waals surface area contributed by atoms with Gasteiger partial charge in [-0.3, -0.25) is 9.59 Å². The largest absolute Gasteiger partial charge is 0.467 e. The Hall–Kier alpha value is -3.62. The molecule has 0 atom stereocenters. The molecule has 0 radical (unpaired) electrons. The number of aromatic nitrogens is 2.